The molecule has 0 aliphatic heterocycles. The third kappa shape index (κ3) is 3.39. The van der Waals surface area contributed by atoms with Crippen molar-refractivity contribution in [1.82, 2.24) is 4.98 Å². The van der Waals surface area contributed by atoms with Gasteiger partial charge in [0.2, 0.25) is 0 Å². The molecule has 18 heavy (non-hydrogen) atoms. The van der Waals surface area contributed by atoms with Crippen molar-refractivity contribution in [3.05, 3.63) is 22.8 Å². The highest BCUT2D eigenvalue weighted by Gasteiger charge is 2.21. The van der Waals surface area contributed by atoms with Gasteiger partial charge < -0.3 is 5.11 Å². The van der Waals surface area contributed by atoms with Crippen molar-refractivity contribution in [2.24, 2.45) is 5.92 Å². The fourth-order valence-corrected chi connectivity index (χ4v) is 3.84. The summed E-state index contributed by atoms with van der Waals surface area (Å²) < 4.78 is 0. The van der Waals surface area contributed by atoms with E-state index in [1.165, 1.54) is 31.9 Å². The second kappa shape index (κ2) is 5.93. The van der Waals surface area contributed by atoms with Gasteiger partial charge in [-0.1, -0.05) is 31.4 Å². The number of rotatable bonds is 3. The van der Waals surface area contributed by atoms with E-state index in [-0.39, 0.29) is 10.6 Å². The van der Waals surface area contributed by atoms with Crippen LogP contribution in [0.4, 0.5) is 0 Å². The zero-order valence-corrected chi connectivity index (χ0v) is 11.8. The summed E-state index contributed by atoms with van der Waals surface area (Å²) in [7, 11) is 0. The van der Waals surface area contributed by atoms with Crippen LogP contribution in [-0.2, 0) is 0 Å². The Bertz CT molecular complexity index is 453. The molecule has 0 amide bonds. The van der Waals surface area contributed by atoms with E-state index in [9.17, 15) is 4.79 Å². The van der Waals surface area contributed by atoms with E-state index >= 15 is 0 Å². The minimum atomic E-state index is -0.999. The Kier molecular flexibility index (Phi) is 4.51. The molecule has 1 fully saturated rings. The Labute approximate surface area is 116 Å². The monoisotopic (exact) mass is 285 g/mol. The van der Waals surface area contributed by atoms with Crippen LogP contribution in [0.15, 0.2) is 17.3 Å². The molecule has 1 heterocycles. The highest BCUT2D eigenvalue weighted by Crippen LogP contribution is 2.36. The van der Waals surface area contributed by atoms with Crippen molar-refractivity contribution in [3.8, 4) is 0 Å². The Morgan fingerprint density at radius 2 is 2.33 bits per heavy atom. The van der Waals surface area contributed by atoms with E-state index < -0.39 is 5.97 Å². The lowest BCUT2D eigenvalue weighted by molar-refractivity contribution is 0.0696. The summed E-state index contributed by atoms with van der Waals surface area (Å²) in [5, 5.41) is 10.5. The summed E-state index contributed by atoms with van der Waals surface area (Å²) in [5.74, 6) is -0.247. The number of hydrogen-bond donors (Lipinski definition) is 1. The van der Waals surface area contributed by atoms with E-state index in [0.29, 0.717) is 5.25 Å². The molecule has 2 unspecified atom stereocenters. The molecule has 0 aromatic carbocycles. The van der Waals surface area contributed by atoms with E-state index in [1.807, 2.05) is 0 Å². The van der Waals surface area contributed by atoms with Crippen molar-refractivity contribution in [2.75, 3.05) is 0 Å². The van der Waals surface area contributed by atoms with Gasteiger partial charge in [0.15, 0.2) is 0 Å². The molecule has 0 bridgehead atoms. The lowest BCUT2D eigenvalue weighted by Crippen LogP contribution is -2.15. The molecule has 3 nitrogen and oxygen atoms in total. The quantitative estimate of drug-likeness (QED) is 0.908. The number of pyridine rings is 1. The van der Waals surface area contributed by atoms with E-state index in [1.54, 1.807) is 17.8 Å². The van der Waals surface area contributed by atoms with Gasteiger partial charge in [0.05, 0.1) is 15.6 Å². The SMILES string of the molecule is CC1CCCC(Sc2cc(C(=O)O)c(Cl)cn2)C1. The maximum Gasteiger partial charge on any atom is 0.337 e. The number of aromatic carboxylic acids is 1. The maximum absolute atomic E-state index is 11.0. The van der Waals surface area contributed by atoms with E-state index in [0.717, 1.165) is 10.9 Å². The number of nitrogens with zero attached hydrogens (tertiary/aromatic N) is 1. The molecule has 1 aromatic rings. The molecule has 1 saturated carbocycles. The van der Waals surface area contributed by atoms with Crippen molar-refractivity contribution >= 4 is 29.3 Å². The number of halogens is 1. The topological polar surface area (TPSA) is 50.2 Å². The first-order valence-corrected chi connectivity index (χ1v) is 7.37. The second-order valence-electron chi connectivity index (χ2n) is 4.82. The van der Waals surface area contributed by atoms with Gasteiger partial charge in [-0.2, -0.15) is 0 Å². The van der Waals surface area contributed by atoms with Gasteiger partial charge >= 0.3 is 5.97 Å². The first-order chi connectivity index (χ1) is 8.56. The number of carboxylic acid groups (broad SMARTS) is 1. The summed E-state index contributed by atoms with van der Waals surface area (Å²) >= 11 is 7.48. The molecule has 2 atom stereocenters. The Morgan fingerprint density at radius 1 is 1.56 bits per heavy atom. The van der Waals surface area contributed by atoms with Gasteiger partial charge in [-0.3, -0.25) is 0 Å². The van der Waals surface area contributed by atoms with Crippen molar-refractivity contribution in [3.63, 3.8) is 0 Å². The van der Waals surface area contributed by atoms with E-state index in [2.05, 4.69) is 11.9 Å². The zero-order chi connectivity index (χ0) is 13.1. The molecule has 0 spiro atoms. The molecule has 5 heteroatoms. The molecule has 1 N–H and O–H groups in total. The predicted octanol–water partition coefficient (Wildman–Crippen LogP) is 4.10. The van der Waals surface area contributed by atoms with Gasteiger partial charge in [0.1, 0.15) is 0 Å². The van der Waals surface area contributed by atoms with Gasteiger partial charge in [-0.05, 0) is 24.8 Å². The highest BCUT2D eigenvalue weighted by molar-refractivity contribution is 7.99. The average Bonchev–Trinajstić information content (AvgIpc) is 2.31. The smallest absolute Gasteiger partial charge is 0.337 e. The molecule has 1 aliphatic carbocycles. The van der Waals surface area contributed by atoms with Crippen molar-refractivity contribution in [1.29, 1.82) is 0 Å². The summed E-state index contributed by atoms with van der Waals surface area (Å²) in [6, 6.07) is 1.58. The molecule has 1 aromatic heterocycles. The number of carbonyl (C=O) groups is 1. The average molecular weight is 286 g/mol. The van der Waals surface area contributed by atoms with Crippen LogP contribution >= 0.6 is 23.4 Å². The lowest BCUT2D eigenvalue weighted by atomic mass is 9.91. The normalized spacial score (nSPS) is 23.9. The predicted molar refractivity (Wildman–Crippen MR) is 73.5 cm³/mol. The molecule has 2 rings (SSSR count). The van der Waals surface area contributed by atoms with Crippen LogP contribution < -0.4 is 0 Å². The Balaban J connectivity index is 2.09. The summed E-state index contributed by atoms with van der Waals surface area (Å²) in [6.07, 6.45) is 6.34. The first kappa shape index (κ1) is 13.7. The van der Waals surface area contributed by atoms with Crippen LogP contribution in [0.5, 0.6) is 0 Å². The van der Waals surface area contributed by atoms with Crippen LogP contribution in [0, 0.1) is 5.92 Å². The minimum absolute atomic E-state index is 0.137. The molecular weight excluding hydrogens is 270 g/mol. The number of thioether (sulfide) groups is 1. The third-order valence-corrected chi connectivity index (χ3v) is 4.76. The van der Waals surface area contributed by atoms with Crippen molar-refractivity contribution in [2.45, 2.75) is 42.9 Å². The summed E-state index contributed by atoms with van der Waals surface area (Å²) in [4.78, 5) is 15.2. The lowest BCUT2D eigenvalue weighted by Gasteiger charge is -2.25. The summed E-state index contributed by atoms with van der Waals surface area (Å²) in [5.41, 5.74) is 0.137. The van der Waals surface area contributed by atoms with Crippen molar-refractivity contribution < 1.29 is 9.90 Å². The highest BCUT2D eigenvalue weighted by atomic mass is 35.5. The Hall–Kier alpha value is -0.740. The second-order valence-corrected chi connectivity index (χ2v) is 6.55. The first-order valence-electron chi connectivity index (χ1n) is 6.11. The van der Waals surface area contributed by atoms with Gasteiger partial charge in [-0.15, -0.1) is 11.8 Å². The zero-order valence-electron chi connectivity index (χ0n) is 10.2. The van der Waals surface area contributed by atoms with E-state index in [4.69, 9.17) is 16.7 Å². The number of hydrogen-bond acceptors (Lipinski definition) is 3. The molecule has 1 aliphatic rings. The van der Waals surface area contributed by atoms with Crippen LogP contribution in [0.2, 0.25) is 5.02 Å². The standard InChI is InChI=1S/C13H16ClNO2S/c1-8-3-2-4-9(5-8)18-12-6-10(13(16)17)11(14)7-15-12/h6-9H,2-5H2,1H3,(H,16,17). The molecular formula is C13H16ClNO2S. The third-order valence-electron chi connectivity index (χ3n) is 3.24. The fraction of sp³-hybridized carbons (Fsp3) is 0.538. The van der Waals surface area contributed by atoms with Gasteiger partial charge in [0, 0.05) is 11.4 Å². The Morgan fingerprint density at radius 3 is 3.00 bits per heavy atom. The summed E-state index contributed by atoms with van der Waals surface area (Å²) in [6.45, 7) is 2.27. The minimum Gasteiger partial charge on any atom is -0.478 e. The largest absolute Gasteiger partial charge is 0.478 e. The number of aromatic nitrogens is 1. The van der Waals surface area contributed by atoms with Gasteiger partial charge in [-0.25, -0.2) is 9.78 Å². The molecule has 0 saturated heterocycles. The van der Waals surface area contributed by atoms with Crippen LogP contribution in [0.25, 0.3) is 0 Å². The maximum atomic E-state index is 11.0. The van der Waals surface area contributed by atoms with Crippen LogP contribution in [0.1, 0.15) is 43.0 Å². The fourth-order valence-electron chi connectivity index (χ4n) is 2.30. The molecule has 0 radical (unpaired) electrons. The number of carboxylic acids is 1. The van der Waals surface area contributed by atoms with Crippen LogP contribution in [0.3, 0.4) is 0 Å². The molecule has 98 valence electrons. The van der Waals surface area contributed by atoms with Crippen LogP contribution in [-0.4, -0.2) is 21.3 Å². The van der Waals surface area contributed by atoms with Gasteiger partial charge in [0.25, 0.3) is 0 Å².